The van der Waals surface area contributed by atoms with E-state index in [1.54, 1.807) is 77.0 Å². The van der Waals surface area contributed by atoms with Crippen LogP contribution in [0.25, 0.3) is 0 Å². The number of hydrogen-bond donors (Lipinski definition) is 0. The summed E-state index contributed by atoms with van der Waals surface area (Å²) in [5.41, 5.74) is 3.69. The zero-order valence-electron chi connectivity index (χ0n) is 67.2. The third kappa shape index (κ3) is 47.0. The minimum atomic E-state index is -3.99. The van der Waals surface area contributed by atoms with E-state index in [1.807, 2.05) is 27.7 Å². The van der Waals surface area contributed by atoms with E-state index in [-0.39, 0.29) is 72.4 Å². The molecule has 0 saturated heterocycles. The number of benzene rings is 4. The van der Waals surface area contributed by atoms with Crippen molar-refractivity contribution in [3.63, 3.8) is 0 Å². The highest BCUT2D eigenvalue weighted by molar-refractivity contribution is 7.87. The molecule has 30 nitrogen and oxygen atoms in total. The Labute approximate surface area is 664 Å². The summed E-state index contributed by atoms with van der Waals surface area (Å²) in [4.78, 5) is 14.6. The fourth-order valence-electron chi connectivity index (χ4n) is 10.9. The highest BCUT2D eigenvalue weighted by Gasteiger charge is 2.22. The van der Waals surface area contributed by atoms with E-state index in [0.29, 0.717) is 243 Å². The number of hydrogen-bond acceptors (Lipinski definition) is 30. The molecule has 0 radical (unpaired) electrons. The molecule has 0 aromatic heterocycles. The summed E-state index contributed by atoms with van der Waals surface area (Å²) in [7, 11) is -9.36. The number of ether oxygens (including phenoxy) is 12. The largest absolute Gasteiger partial charge is 0.382 e. The van der Waals surface area contributed by atoms with Crippen LogP contribution in [0.5, 0.6) is 0 Å². The predicted molar refractivity (Wildman–Crippen MR) is 424 cm³/mol. The van der Waals surface area contributed by atoms with Gasteiger partial charge < -0.3 is 66.6 Å². The molecule has 636 valence electrons. The van der Waals surface area contributed by atoms with Gasteiger partial charge in [0.05, 0.1) is 158 Å². The summed E-state index contributed by atoms with van der Waals surface area (Å²) < 4.78 is 194. The summed E-state index contributed by atoms with van der Waals surface area (Å²) in [5.74, 6) is 0. The van der Waals surface area contributed by atoms with E-state index in [2.05, 4.69) is 29.4 Å². The minimum Gasteiger partial charge on any atom is -0.382 e. The van der Waals surface area contributed by atoms with Gasteiger partial charge in [0.1, 0.15) is 0 Å². The summed E-state index contributed by atoms with van der Waals surface area (Å²) in [6.07, 6.45) is 2.41. The SMILES string of the molecule is COCCOCCN(CCOCCOC)CCN(CCN(CCOCCOC)CCOCCOC)CN(CCN(CCCOCCOS(=O)(=O)c1ccc(C)cc1)CCCOCCOS(=O)(=O)c1ccc(C)cc1)CCN(CCCOCCOS(=O)(=O)c1ccc(C)cc1)CCCOCCOS(=O)(=O)c1ccc(C)cc1. The zero-order chi connectivity index (χ0) is 80.5. The maximum absolute atomic E-state index is 13.0. The first-order chi connectivity index (χ1) is 53.6. The van der Waals surface area contributed by atoms with Crippen molar-refractivity contribution < 1.29 is 107 Å². The van der Waals surface area contributed by atoms with E-state index < -0.39 is 40.5 Å². The Kier molecular flexibility index (Phi) is 53.9. The van der Waals surface area contributed by atoms with Gasteiger partial charge in [-0.1, -0.05) is 70.8 Å². The predicted octanol–water partition coefficient (Wildman–Crippen LogP) is 5.89. The lowest BCUT2D eigenvalue weighted by Gasteiger charge is -2.36. The van der Waals surface area contributed by atoms with Crippen molar-refractivity contribution in [1.29, 1.82) is 0 Å². The quantitative estimate of drug-likeness (QED) is 0.0283. The van der Waals surface area contributed by atoms with Gasteiger partial charge in [-0.05, 0) is 102 Å². The second-order valence-corrected chi connectivity index (χ2v) is 32.8. The summed E-state index contributed by atoms with van der Waals surface area (Å²) >= 11 is 0. The first-order valence-corrected chi connectivity index (χ1v) is 44.0. The second-order valence-electron chi connectivity index (χ2n) is 26.4. The van der Waals surface area contributed by atoms with Crippen LogP contribution in [-0.4, -0.2) is 361 Å². The smallest absolute Gasteiger partial charge is 0.297 e. The lowest BCUT2D eigenvalue weighted by molar-refractivity contribution is 0.0264. The molecule has 4 aromatic carbocycles. The number of rotatable bonds is 74. The fourth-order valence-corrected chi connectivity index (χ4v) is 14.5. The van der Waals surface area contributed by atoms with Crippen LogP contribution in [0, 0.1) is 27.7 Å². The van der Waals surface area contributed by atoms with Gasteiger partial charge in [0.15, 0.2) is 0 Å². The molecule has 0 fully saturated rings. The van der Waals surface area contributed by atoms with Crippen molar-refractivity contribution in [2.45, 2.75) is 73.0 Å². The van der Waals surface area contributed by atoms with E-state index in [0.717, 1.165) is 22.3 Å². The topological polar surface area (TPSA) is 304 Å². The summed E-state index contributed by atoms with van der Waals surface area (Å²) in [5, 5.41) is 0. The number of methoxy groups -OCH3 is 4. The van der Waals surface area contributed by atoms with Crippen molar-refractivity contribution in [3.05, 3.63) is 119 Å². The highest BCUT2D eigenvalue weighted by Crippen LogP contribution is 2.18. The third-order valence-electron chi connectivity index (χ3n) is 17.4. The lowest BCUT2D eigenvalue weighted by atomic mass is 10.2. The normalized spacial score (nSPS) is 12.6. The van der Waals surface area contributed by atoms with E-state index >= 15 is 0 Å². The molecule has 0 N–H and O–H groups in total. The monoisotopic (exact) mass is 1650 g/mol. The first kappa shape index (κ1) is 99.2. The summed E-state index contributed by atoms with van der Waals surface area (Å²) in [6.45, 7) is 24.9. The van der Waals surface area contributed by atoms with Gasteiger partial charge in [-0.15, -0.1) is 0 Å². The highest BCUT2D eigenvalue weighted by atomic mass is 32.2. The van der Waals surface area contributed by atoms with Crippen LogP contribution in [-0.2, 0) is 114 Å². The Morgan fingerprint density at radius 3 is 0.595 bits per heavy atom. The Morgan fingerprint density at radius 2 is 0.387 bits per heavy atom. The van der Waals surface area contributed by atoms with E-state index in [9.17, 15) is 33.7 Å². The molecule has 0 saturated carbocycles. The molecule has 4 rings (SSSR count). The molecule has 0 aliphatic rings. The fraction of sp³-hybridized carbons (Fsp3) is 0.688. The molecule has 0 heterocycles. The van der Waals surface area contributed by atoms with Crippen molar-refractivity contribution in [3.8, 4) is 0 Å². The summed E-state index contributed by atoms with van der Waals surface area (Å²) in [6, 6.07) is 25.9. The van der Waals surface area contributed by atoms with Crippen molar-refractivity contribution in [2.24, 2.45) is 0 Å². The van der Waals surface area contributed by atoms with Crippen molar-refractivity contribution in [2.75, 3.05) is 298 Å². The van der Waals surface area contributed by atoms with Crippen LogP contribution in [0.4, 0.5) is 0 Å². The maximum atomic E-state index is 13.0. The molecule has 34 heteroatoms. The van der Waals surface area contributed by atoms with Crippen LogP contribution in [0.2, 0.25) is 0 Å². The van der Waals surface area contributed by atoms with Crippen LogP contribution in [0.1, 0.15) is 47.9 Å². The van der Waals surface area contributed by atoms with Gasteiger partial charge in [-0.2, -0.15) is 33.7 Å². The van der Waals surface area contributed by atoms with Crippen molar-refractivity contribution in [1.82, 2.24) is 29.4 Å². The molecule has 0 aliphatic carbocycles. The molecule has 0 aliphatic heterocycles. The Balaban J connectivity index is 1.67. The molecule has 111 heavy (non-hydrogen) atoms. The molecular weight excluding hydrogens is 1520 g/mol. The average Bonchev–Trinajstić information content (AvgIpc) is 0.864. The molecule has 0 atom stereocenters. The van der Waals surface area contributed by atoms with Crippen LogP contribution in [0.15, 0.2) is 117 Å². The molecule has 4 aromatic rings. The molecule has 0 spiro atoms. The maximum Gasteiger partial charge on any atom is 0.297 e. The third-order valence-corrected chi connectivity index (χ3v) is 22.7. The Morgan fingerprint density at radius 1 is 0.207 bits per heavy atom. The lowest BCUT2D eigenvalue weighted by Crippen LogP contribution is -2.49. The first-order valence-electron chi connectivity index (χ1n) is 38.4. The Bertz CT molecular complexity index is 3010. The van der Waals surface area contributed by atoms with Gasteiger partial charge in [0, 0.05) is 160 Å². The Hall–Kier alpha value is -4.20. The van der Waals surface area contributed by atoms with Crippen LogP contribution >= 0.6 is 0 Å². The van der Waals surface area contributed by atoms with Gasteiger partial charge in [0.2, 0.25) is 0 Å². The van der Waals surface area contributed by atoms with Crippen molar-refractivity contribution >= 4 is 40.5 Å². The molecule has 0 unspecified atom stereocenters. The molecule has 0 amide bonds. The molecule has 0 bridgehead atoms. The van der Waals surface area contributed by atoms with Gasteiger partial charge in [-0.3, -0.25) is 36.3 Å². The standard InChI is InChI=1S/C77H130N6O24S4/c1-70-13-21-74(22-14-70)108(84,85)104-65-61-96-45-9-29-78(30-10-46-97-62-66-105-109(86,87)75-23-15-71(2)16-24-75)33-37-82(69-83(39-35-80(41-49-100-57-53-92-5)42-50-101-58-54-93-6)40-36-81(43-51-102-59-55-94-7)44-52-103-60-56-95-8)38-34-79(31-11-47-98-63-67-106-110(88,89)76-25-17-72(3)18-26-76)32-12-48-99-64-68-107-111(90,91)77-27-19-73(4)20-28-77/h13-28H,9-12,29-69H2,1-8H3. The van der Waals surface area contributed by atoms with Gasteiger partial charge >= 0.3 is 0 Å². The molecular formula is C77H130N6O24S4. The minimum absolute atomic E-state index is 0.0533. The number of aryl methyl sites for hydroxylation is 4. The van der Waals surface area contributed by atoms with Crippen LogP contribution in [0.3, 0.4) is 0 Å². The number of nitrogens with zero attached hydrogens (tertiary/aromatic N) is 6. The van der Waals surface area contributed by atoms with Gasteiger partial charge in [-0.25, -0.2) is 0 Å². The second kappa shape index (κ2) is 60.3. The average molecular weight is 1650 g/mol. The zero-order valence-corrected chi connectivity index (χ0v) is 70.4. The van der Waals surface area contributed by atoms with E-state index in [4.69, 9.17) is 73.6 Å². The van der Waals surface area contributed by atoms with E-state index in [1.165, 1.54) is 48.5 Å². The van der Waals surface area contributed by atoms with Gasteiger partial charge in [0.25, 0.3) is 40.5 Å². The van der Waals surface area contributed by atoms with Crippen LogP contribution < -0.4 is 0 Å².